The molecule has 0 aliphatic carbocycles. The van der Waals surface area contributed by atoms with Crippen LogP contribution < -0.4 is 19.9 Å². The molecular formula is C27H26N2O5. The summed E-state index contributed by atoms with van der Waals surface area (Å²) in [4.78, 5) is 25.1. The summed E-state index contributed by atoms with van der Waals surface area (Å²) in [5, 5.41) is 1.24. The summed E-state index contributed by atoms with van der Waals surface area (Å²) >= 11 is 0. The quantitative estimate of drug-likeness (QED) is 0.283. The number of benzene rings is 3. The Balaban J connectivity index is 1.25. The maximum absolute atomic E-state index is 12.7. The minimum Gasteiger partial charge on any atom is -0.491 e. The highest BCUT2D eigenvalue weighted by Gasteiger charge is 2.34. The predicted molar refractivity (Wildman–Crippen MR) is 129 cm³/mol. The summed E-state index contributed by atoms with van der Waals surface area (Å²) < 4.78 is 17.0. The number of nitrogens with zero attached hydrogens (tertiary/aromatic N) is 1. The molecule has 0 aromatic heterocycles. The van der Waals surface area contributed by atoms with Crippen LogP contribution in [0.1, 0.15) is 11.1 Å². The first-order valence-electron chi connectivity index (χ1n) is 11.0. The van der Waals surface area contributed by atoms with Gasteiger partial charge in [-0.05, 0) is 60.5 Å². The third-order valence-corrected chi connectivity index (χ3v) is 5.06. The first-order chi connectivity index (χ1) is 16.6. The SMILES string of the molecule is Cc1cccc(OCCOCCOc2cccc(C=C3C(=O)NN(c4ccccc4)C3=O)c2)c1. The molecule has 2 amide bonds. The summed E-state index contributed by atoms with van der Waals surface area (Å²) in [7, 11) is 0. The molecule has 7 nitrogen and oxygen atoms in total. The van der Waals surface area contributed by atoms with Gasteiger partial charge in [-0.2, -0.15) is 0 Å². The molecule has 3 aromatic carbocycles. The molecule has 0 atom stereocenters. The lowest BCUT2D eigenvalue weighted by Crippen LogP contribution is -2.35. The Morgan fingerprint density at radius 2 is 1.47 bits per heavy atom. The highest BCUT2D eigenvalue weighted by Crippen LogP contribution is 2.22. The van der Waals surface area contributed by atoms with Crippen molar-refractivity contribution in [2.45, 2.75) is 6.92 Å². The number of aryl methyl sites for hydroxylation is 1. The monoisotopic (exact) mass is 458 g/mol. The second kappa shape index (κ2) is 11.2. The number of nitrogens with one attached hydrogen (secondary N) is 1. The van der Waals surface area contributed by atoms with E-state index in [1.807, 2.05) is 55.5 Å². The van der Waals surface area contributed by atoms with Crippen molar-refractivity contribution in [2.75, 3.05) is 31.4 Å². The van der Waals surface area contributed by atoms with Crippen LogP contribution in [0.15, 0.2) is 84.4 Å². The van der Waals surface area contributed by atoms with E-state index in [9.17, 15) is 9.59 Å². The number of hydrogen-bond donors (Lipinski definition) is 1. The van der Waals surface area contributed by atoms with Crippen molar-refractivity contribution in [1.82, 2.24) is 5.43 Å². The van der Waals surface area contributed by atoms with Crippen LogP contribution in [0.2, 0.25) is 0 Å². The van der Waals surface area contributed by atoms with Crippen molar-refractivity contribution in [1.29, 1.82) is 0 Å². The summed E-state index contributed by atoms with van der Waals surface area (Å²) in [6, 6.07) is 24.1. The van der Waals surface area contributed by atoms with Crippen molar-refractivity contribution < 1.29 is 23.8 Å². The van der Waals surface area contributed by atoms with E-state index < -0.39 is 11.8 Å². The fraction of sp³-hybridized carbons (Fsp3) is 0.185. The minimum atomic E-state index is -0.443. The van der Waals surface area contributed by atoms with E-state index in [0.29, 0.717) is 43.4 Å². The second-order valence-electron chi connectivity index (χ2n) is 7.67. The molecule has 0 bridgehead atoms. The smallest absolute Gasteiger partial charge is 0.282 e. The van der Waals surface area contributed by atoms with Crippen LogP contribution in [0.4, 0.5) is 5.69 Å². The van der Waals surface area contributed by atoms with Crippen LogP contribution in [0.3, 0.4) is 0 Å². The summed E-state index contributed by atoms with van der Waals surface area (Å²) in [5.41, 5.74) is 5.11. The first-order valence-corrected chi connectivity index (χ1v) is 11.0. The fourth-order valence-corrected chi connectivity index (χ4v) is 3.42. The van der Waals surface area contributed by atoms with Gasteiger partial charge in [0.1, 0.15) is 30.3 Å². The molecule has 3 aromatic rings. The molecule has 0 saturated carbocycles. The summed E-state index contributed by atoms with van der Waals surface area (Å²) in [5.74, 6) is 0.608. The highest BCUT2D eigenvalue weighted by atomic mass is 16.5. The maximum atomic E-state index is 12.7. The molecule has 0 unspecified atom stereocenters. The fourth-order valence-electron chi connectivity index (χ4n) is 3.42. The molecule has 1 aliphatic rings. The molecule has 1 aliphatic heterocycles. The third kappa shape index (κ3) is 6.02. The van der Waals surface area contributed by atoms with Gasteiger partial charge in [0.2, 0.25) is 0 Å². The van der Waals surface area contributed by atoms with Crippen molar-refractivity contribution >= 4 is 23.6 Å². The first kappa shape index (κ1) is 23.1. The van der Waals surface area contributed by atoms with Crippen molar-refractivity contribution in [2.24, 2.45) is 0 Å². The van der Waals surface area contributed by atoms with Crippen molar-refractivity contribution in [3.8, 4) is 11.5 Å². The number of hydrogen-bond acceptors (Lipinski definition) is 5. The number of ether oxygens (including phenoxy) is 3. The van der Waals surface area contributed by atoms with E-state index in [1.54, 1.807) is 36.4 Å². The maximum Gasteiger partial charge on any atom is 0.282 e. The van der Waals surface area contributed by atoms with Crippen LogP contribution in [0.5, 0.6) is 11.5 Å². The lowest BCUT2D eigenvalue weighted by molar-refractivity contribution is -0.117. The lowest BCUT2D eigenvalue weighted by Gasteiger charge is -2.13. The van der Waals surface area contributed by atoms with Gasteiger partial charge in [-0.1, -0.05) is 42.5 Å². The van der Waals surface area contributed by atoms with Gasteiger partial charge in [0.05, 0.1) is 18.9 Å². The molecule has 1 fully saturated rings. The Morgan fingerprint density at radius 1 is 0.794 bits per heavy atom. The van der Waals surface area contributed by atoms with E-state index in [4.69, 9.17) is 14.2 Å². The number of hydrazine groups is 1. The number of anilines is 1. The van der Waals surface area contributed by atoms with E-state index in [-0.39, 0.29) is 5.57 Å². The molecule has 1 saturated heterocycles. The summed E-state index contributed by atoms with van der Waals surface area (Å²) in [6.07, 6.45) is 1.56. The second-order valence-corrected chi connectivity index (χ2v) is 7.67. The average molecular weight is 459 g/mol. The Bertz CT molecular complexity index is 1180. The molecule has 34 heavy (non-hydrogen) atoms. The van der Waals surface area contributed by atoms with Crippen LogP contribution >= 0.6 is 0 Å². The van der Waals surface area contributed by atoms with E-state index in [0.717, 1.165) is 11.3 Å². The number of carbonyl (C=O) groups excluding carboxylic acids is 2. The molecular weight excluding hydrogens is 432 g/mol. The van der Waals surface area contributed by atoms with E-state index >= 15 is 0 Å². The third-order valence-electron chi connectivity index (χ3n) is 5.06. The Kier molecular flexibility index (Phi) is 7.57. The highest BCUT2D eigenvalue weighted by molar-refractivity contribution is 6.31. The van der Waals surface area contributed by atoms with Crippen LogP contribution in [-0.2, 0) is 14.3 Å². The zero-order valence-electron chi connectivity index (χ0n) is 18.9. The number of carbonyl (C=O) groups is 2. The topological polar surface area (TPSA) is 77.1 Å². The average Bonchev–Trinajstić information content (AvgIpc) is 3.13. The zero-order chi connectivity index (χ0) is 23.8. The van der Waals surface area contributed by atoms with E-state index in [1.165, 1.54) is 5.01 Å². The Labute approximate surface area is 198 Å². The van der Waals surface area contributed by atoms with Gasteiger partial charge in [-0.15, -0.1) is 0 Å². The van der Waals surface area contributed by atoms with Crippen molar-refractivity contribution in [3.05, 3.63) is 95.6 Å². The Morgan fingerprint density at radius 3 is 2.18 bits per heavy atom. The van der Waals surface area contributed by atoms with Gasteiger partial charge in [0, 0.05) is 0 Å². The van der Waals surface area contributed by atoms with Crippen LogP contribution in [0, 0.1) is 6.92 Å². The predicted octanol–water partition coefficient (Wildman–Crippen LogP) is 3.93. The van der Waals surface area contributed by atoms with Gasteiger partial charge < -0.3 is 14.2 Å². The number of rotatable bonds is 10. The Hall–Kier alpha value is -4.10. The van der Waals surface area contributed by atoms with Crippen LogP contribution in [-0.4, -0.2) is 38.2 Å². The molecule has 1 heterocycles. The molecule has 0 spiro atoms. The van der Waals surface area contributed by atoms with Crippen LogP contribution in [0.25, 0.3) is 6.08 Å². The standard InChI is InChI=1S/C27H26N2O5/c1-20-7-5-11-23(17-20)33-15-13-32-14-16-34-24-12-6-8-21(18-24)19-25-26(30)28-29(27(25)31)22-9-3-2-4-10-22/h2-12,17-19H,13-16H2,1H3,(H,28,30). The van der Waals surface area contributed by atoms with Gasteiger partial charge >= 0.3 is 0 Å². The van der Waals surface area contributed by atoms with Gasteiger partial charge in [-0.3, -0.25) is 15.0 Å². The van der Waals surface area contributed by atoms with Gasteiger partial charge in [-0.25, -0.2) is 5.01 Å². The zero-order valence-corrected chi connectivity index (χ0v) is 18.9. The molecule has 7 heteroatoms. The molecule has 1 N–H and O–H groups in total. The van der Waals surface area contributed by atoms with Crippen molar-refractivity contribution in [3.63, 3.8) is 0 Å². The number of amides is 2. The van der Waals surface area contributed by atoms with Gasteiger partial charge in [0.25, 0.3) is 11.8 Å². The summed E-state index contributed by atoms with van der Waals surface area (Å²) in [6.45, 7) is 3.72. The number of para-hydroxylation sites is 1. The normalized spacial score (nSPS) is 14.4. The molecule has 174 valence electrons. The van der Waals surface area contributed by atoms with Gasteiger partial charge in [0.15, 0.2) is 0 Å². The lowest BCUT2D eigenvalue weighted by atomic mass is 10.1. The molecule has 4 rings (SSSR count). The van der Waals surface area contributed by atoms with E-state index in [2.05, 4.69) is 5.43 Å². The minimum absolute atomic E-state index is 0.0675. The largest absolute Gasteiger partial charge is 0.491 e. The molecule has 0 radical (unpaired) electrons.